The summed E-state index contributed by atoms with van der Waals surface area (Å²) in [6.45, 7) is 7.23. The Kier molecular flexibility index (Phi) is 3.91. The Morgan fingerprint density at radius 1 is 1.30 bits per heavy atom. The van der Waals surface area contributed by atoms with Gasteiger partial charge in [-0.25, -0.2) is 0 Å². The minimum absolute atomic E-state index is 0.362. The van der Waals surface area contributed by atoms with Crippen LogP contribution in [0.15, 0.2) is 18.2 Å². The van der Waals surface area contributed by atoms with Crippen molar-refractivity contribution in [3.05, 3.63) is 29.3 Å². The number of rotatable bonds is 3. The molecular weight excluding hydrogens is 282 g/mol. The van der Waals surface area contributed by atoms with Gasteiger partial charge in [-0.3, -0.25) is 4.90 Å². The largest absolute Gasteiger partial charge is 0.508 e. The zero-order chi connectivity index (χ0) is 16.0. The van der Waals surface area contributed by atoms with Gasteiger partial charge in [0, 0.05) is 18.0 Å². The van der Waals surface area contributed by atoms with Gasteiger partial charge in [0.2, 0.25) is 0 Å². The van der Waals surface area contributed by atoms with Gasteiger partial charge in [0.05, 0.1) is 0 Å². The van der Waals surface area contributed by atoms with E-state index in [0.29, 0.717) is 11.2 Å². The lowest BCUT2D eigenvalue weighted by molar-refractivity contribution is -0.0176. The Morgan fingerprint density at radius 2 is 2.17 bits per heavy atom. The third-order valence-electron chi connectivity index (χ3n) is 7.18. The maximum Gasteiger partial charge on any atom is 0.115 e. The van der Waals surface area contributed by atoms with E-state index >= 15 is 0 Å². The lowest BCUT2D eigenvalue weighted by atomic mass is 9.52. The third kappa shape index (κ3) is 2.41. The van der Waals surface area contributed by atoms with E-state index in [1.165, 1.54) is 69.2 Å². The van der Waals surface area contributed by atoms with Crippen molar-refractivity contribution >= 4 is 0 Å². The summed E-state index contributed by atoms with van der Waals surface area (Å²) >= 11 is 0. The summed E-state index contributed by atoms with van der Waals surface area (Å²) in [5.74, 6) is 2.07. The summed E-state index contributed by atoms with van der Waals surface area (Å²) in [5.41, 5.74) is 3.38. The van der Waals surface area contributed by atoms with Crippen LogP contribution in [0.3, 0.4) is 0 Å². The molecule has 1 heterocycles. The molecule has 4 atom stereocenters. The monoisotopic (exact) mass is 313 g/mol. The molecule has 1 aliphatic heterocycles. The molecule has 1 unspecified atom stereocenters. The van der Waals surface area contributed by atoms with Crippen molar-refractivity contribution in [1.29, 1.82) is 0 Å². The SMILES string of the molecule is CCC(C)CN1CC[C@@]23CCCC[C@H]2[C@@H]1Cc1ccc(O)cc13. The summed E-state index contributed by atoms with van der Waals surface area (Å²) in [7, 11) is 0. The summed E-state index contributed by atoms with van der Waals surface area (Å²) in [6.07, 6.45) is 9.25. The Hall–Kier alpha value is -1.02. The van der Waals surface area contributed by atoms with E-state index < -0.39 is 0 Å². The highest BCUT2D eigenvalue weighted by Crippen LogP contribution is 2.56. The molecule has 1 saturated heterocycles. The summed E-state index contributed by atoms with van der Waals surface area (Å²) in [4.78, 5) is 2.82. The highest BCUT2D eigenvalue weighted by atomic mass is 16.3. The van der Waals surface area contributed by atoms with Crippen molar-refractivity contribution in [3.63, 3.8) is 0 Å². The quantitative estimate of drug-likeness (QED) is 0.888. The van der Waals surface area contributed by atoms with E-state index in [4.69, 9.17) is 0 Å². The van der Waals surface area contributed by atoms with Crippen LogP contribution in [0.2, 0.25) is 0 Å². The van der Waals surface area contributed by atoms with Gasteiger partial charge in [-0.1, -0.05) is 39.2 Å². The van der Waals surface area contributed by atoms with Crippen LogP contribution in [-0.4, -0.2) is 29.1 Å². The Bertz CT molecular complexity index is 583. The normalized spacial score (nSPS) is 34.5. The van der Waals surface area contributed by atoms with Gasteiger partial charge in [0.1, 0.15) is 5.75 Å². The second kappa shape index (κ2) is 5.81. The van der Waals surface area contributed by atoms with Crippen LogP contribution >= 0.6 is 0 Å². The van der Waals surface area contributed by atoms with Gasteiger partial charge in [-0.2, -0.15) is 0 Å². The van der Waals surface area contributed by atoms with E-state index in [2.05, 4.69) is 30.9 Å². The molecule has 0 radical (unpaired) electrons. The van der Waals surface area contributed by atoms with Crippen LogP contribution < -0.4 is 0 Å². The molecule has 0 spiro atoms. The van der Waals surface area contributed by atoms with Crippen molar-refractivity contribution < 1.29 is 5.11 Å². The predicted molar refractivity (Wildman–Crippen MR) is 94.9 cm³/mol. The first-order chi connectivity index (χ1) is 11.1. The Balaban J connectivity index is 1.73. The molecule has 0 aromatic heterocycles. The standard InChI is InChI=1S/C21H31NO/c1-3-15(2)14-22-11-10-21-9-5-4-6-18(21)20(22)12-16-7-8-17(23)13-19(16)21/h7-8,13,15,18,20,23H,3-6,9-12,14H2,1-2H3/t15?,18-,20-,21-/m0/s1. The molecule has 2 nitrogen and oxygen atoms in total. The number of hydrogen-bond donors (Lipinski definition) is 1. The van der Waals surface area contributed by atoms with Crippen LogP contribution in [0.5, 0.6) is 5.75 Å². The minimum Gasteiger partial charge on any atom is -0.508 e. The average molecular weight is 313 g/mol. The number of phenolic OH excluding ortho intramolecular Hbond substituents is 1. The third-order valence-corrected chi connectivity index (χ3v) is 7.18. The topological polar surface area (TPSA) is 23.5 Å². The number of piperidine rings is 1. The fourth-order valence-electron chi connectivity index (χ4n) is 5.83. The number of phenols is 1. The lowest BCUT2D eigenvalue weighted by Crippen LogP contribution is -2.61. The van der Waals surface area contributed by atoms with Crippen molar-refractivity contribution in [1.82, 2.24) is 4.90 Å². The minimum atomic E-state index is 0.362. The first kappa shape index (κ1) is 15.5. The highest BCUT2D eigenvalue weighted by Gasteiger charge is 2.53. The molecule has 1 saturated carbocycles. The molecule has 2 fully saturated rings. The maximum atomic E-state index is 10.1. The van der Waals surface area contributed by atoms with E-state index in [0.717, 1.165) is 17.9 Å². The summed E-state index contributed by atoms with van der Waals surface area (Å²) in [6, 6.07) is 6.94. The van der Waals surface area contributed by atoms with Crippen LogP contribution in [0.1, 0.15) is 63.5 Å². The number of aromatic hydroxyl groups is 1. The van der Waals surface area contributed by atoms with Crippen molar-refractivity contribution in [3.8, 4) is 5.75 Å². The second-order valence-corrected chi connectivity index (χ2v) is 8.38. The van der Waals surface area contributed by atoms with Crippen molar-refractivity contribution in [2.24, 2.45) is 11.8 Å². The van der Waals surface area contributed by atoms with Gasteiger partial charge >= 0.3 is 0 Å². The van der Waals surface area contributed by atoms with E-state index in [-0.39, 0.29) is 0 Å². The molecule has 2 heteroatoms. The highest BCUT2D eigenvalue weighted by molar-refractivity contribution is 5.45. The molecule has 1 aromatic carbocycles. The number of nitrogens with zero attached hydrogens (tertiary/aromatic N) is 1. The van der Waals surface area contributed by atoms with Crippen LogP contribution in [-0.2, 0) is 11.8 Å². The smallest absolute Gasteiger partial charge is 0.115 e. The maximum absolute atomic E-state index is 10.1. The van der Waals surface area contributed by atoms with Gasteiger partial charge in [0.25, 0.3) is 0 Å². The predicted octanol–water partition coefficient (Wildman–Crippen LogP) is 4.50. The Morgan fingerprint density at radius 3 is 3.00 bits per heavy atom. The fourth-order valence-corrected chi connectivity index (χ4v) is 5.83. The van der Waals surface area contributed by atoms with E-state index in [9.17, 15) is 5.11 Å². The number of fused-ring (bicyclic) bond motifs is 1. The van der Waals surface area contributed by atoms with Crippen LogP contribution in [0.25, 0.3) is 0 Å². The van der Waals surface area contributed by atoms with Crippen molar-refractivity contribution in [2.45, 2.75) is 70.3 Å². The number of benzene rings is 1. The van der Waals surface area contributed by atoms with Gasteiger partial charge in [-0.15, -0.1) is 0 Å². The molecule has 0 amide bonds. The molecule has 1 aromatic rings. The molecule has 3 aliphatic rings. The molecule has 1 N–H and O–H groups in total. The van der Waals surface area contributed by atoms with Crippen molar-refractivity contribution in [2.75, 3.05) is 13.1 Å². The average Bonchev–Trinajstić information content (AvgIpc) is 2.57. The second-order valence-electron chi connectivity index (χ2n) is 8.38. The van der Waals surface area contributed by atoms with Gasteiger partial charge < -0.3 is 5.11 Å². The molecule has 4 rings (SSSR count). The summed E-state index contributed by atoms with van der Waals surface area (Å²) < 4.78 is 0. The molecular formula is C21H31NO. The molecule has 23 heavy (non-hydrogen) atoms. The molecule has 126 valence electrons. The van der Waals surface area contributed by atoms with Crippen LogP contribution in [0, 0.1) is 11.8 Å². The van der Waals surface area contributed by atoms with Gasteiger partial charge in [0.15, 0.2) is 0 Å². The molecule has 2 aliphatic carbocycles. The first-order valence-corrected chi connectivity index (χ1v) is 9.70. The van der Waals surface area contributed by atoms with Gasteiger partial charge in [-0.05, 0) is 67.3 Å². The Labute approximate surface area is 140 Å². The zero-order valence-electron chi connectivity index (χ0n) is 14.7. The number of hydrogen-bond acceptors (Lipinski definition) is 2. The first-order valence-electron chi connectivity index (χ1n) is 9.70. The zero-order valence-corrected chi connectivity index (χ0v) is 14.7. The van der Waals surface area contributed by atoms with E-state index in [1.54, 1.807) is 0 Å². The van der Waals surface area contributed by atoms with Crippen LogP contribution in [0.4, 0.5) is 0 Å². The lowest BCUT2D eigenvalue weighted by Gasteiger charge is -2.59. The molecule has 2 bridgehead atoms. The number of likely N-dealkylation sites (tertiary alicyclic amines) is 1. The van der Waals surface area contributed by atoms with E-state index in [1.807, 2.05) is 6.07 Å². The fraction of sp³-hybridized carbons (Fsp3) is 0.714. The summed E-state index contributed by atoms with van der Waals surface area (Å²) in [5, 5.41) is 10.1.